The molecule has 2 heterocycles. The zero-order chi connectivity index (χ0) is 12.7. The Morgan fingerprint density at radius 3 is 2.24 bits per heavy atom. The van der Waals surface area contributed by atoms with Crippen molar-refractivity contribution in [2.75, 3.05) is 11.0 Å². The molecule has 1 N–H and O–H groups in total. The quantitative estimate of drug-likeness (QED) is 0.473. The normalized spacial score (nSPS) is 26.3. The molecule has 2 rings (SSSR count). The van der Waals surface area contributed by atoms with E-state index in [0.29, 0.717) is 0 Å². The molecule has 17 heavy (non-hydrogen) atoms. The molecule has 94 valence electrons. The Morgan fingerprint density at radius 1 is 1.24 bits per heavy atom. The molecule has 0 aromatic carbocycles. The second-order valence-electron chi connectivity index (χ2n) is 5.51. The number of hydrogen-bond donors (Lipinski definition) is 1. The van der Waals surface area contributed by atoms with Crippen molar-refractivity contribution in [1.82, 2.24) is 5.32 Å². The summed E-state index contributed by atoms with van der Waals surface area (Å²) in [6.45, 7) is 9.13. The van der Waals surface area contributed by atoms with Crippen molar-refractivity contribution >= 4 is 29.7 Å². The molecule has 0 bridgehead atoms. The highest BCUT2D eigenvalue weighted by molar-refractivity contribution is 14.1. The lowest BCUT2D eigenvalue weighted by atomic mass is 9.77. The van der Waals surface area contributed by atoms with Gasteiger partial charge in [0.1, 0.15) is 0 Å². The van der Waals surface area contributed by atoms with Gasteiger partial charge in [-0.2, -0.15) is 0 Å². The maximum absolute atomic E-state index is 6.01. The second-order valence-corrected chi connectivity index (χ2v) is 6.27. The van der Waals surface area contributed by atoms with E-state index in [0.717, 1.165) is 16.4 Å². The van der Waals surface area contributed by atoms with Crippen LogP contribution in [0.4, 0.5) is 0 Å². The monoisotopic (exact) mass is 347 g/mol. The first kappa shape index (κ1) is 13.4. The van der Waals surface area contributed by atoms with Gasteiger partial charge in [-0.3, -0.25) is 0 Å². The first-order chi connectivity index (χ1) is 7.86. The van der Waals surface area contributed by atoms with Gasteiger partial charge < -0.3 is 14.6 Å². The zero-order valence-corrected chi connectivity index (χ0v) is 13.0. The summed E-state index contributed by atoms with van der Waals surface area (Å²) in [5, 5.41) is 3.38. The van der Waals surface area contributed by atoms with Crippen LogP contribution in [0.2, 0.25) is 0 Å². The van der Waals surface area contributed by atoms with Crippen molar-refractivity contribution < 1.29 is 9.31 Å². The van der Waals surface area contributed by atoms with Crippen molar-refractivity contribution in [2.45, 2.75) is 38.9 Å². The van der Waals surface area contributed by atoms with Gasteiger partial charge in [0.05, 0.1) is 11.2 Å². The summed E-state index contributed by atoms with van der Waals surface area (Å²) >= 11 is 2.35. The molecule has 0 aromatic heterocycles. The summed E-state index contributed by atoms with van der Waals surface area (Å²) in [5.74, 6) is 0. The fourth-order valence-electron chi connectivity index (χ4n) is 1.79. The average molecular weight is 347 g/mol. The second kappa shape index (κ2) is 4.59. The smallest absolute Gasteiger partial charge is 0.400 e. The minimum atomic E-state index is -0.258. The van der Waals surface area contributed by atoms with E-state index in [2.05, 4.69) is 67.8 Å². The number of alkyl halides is 1. The van der Waals surface area contributed by atoms with Gasteiger partial charge in [-0.1, -0.05) is 28.7 Å². The van der Waals surface area contributed by atoms with E-state index in [-0.39, 0.29) is 18.3 Å². The molecule has 1 fully saturated rings. The highest BCUT2D eigenvalue weighted by atomic mass is 127. The third-order valence-electron chi connectivity index (χ3n) is 3.72. The molecule has 0 aliphatic carbocycles. The summed E-state index contributed by atoms with van der Waals surface area (Å²) in [7, 11) is -0.223. The third-order valence-corrected chi connectivity index (χ3v) is 4.54. The molecule has 0 spiro atoms. The van der Waals surface area contributed by atoms with Crippen LogP contribution in [0.3, 0.4) is 0 Å². The topological polar surface area (TPSA) is 30.5 Å². The van der Waals surface area contributed by atoms with Crippen molar-refractivity contribution in [2.24, 2.45) is 0 Å². The van der Waals surface area contributed by atoms with Crippen LogP contribution in [0.1, 0.15) is 27.7 Å². The molecule has 3 nitrogen and oxygen atoms in total. The maximum atomic E-state index is 6.01. The van der Waals surface area contributed by atoms with E-state index >= 15 is 0 Å². The highest BCUT2D eigenvalue weighted by Crippen LogP contribution is 2.38. The highest BCUT2D eigenvalue weighted by Gasteiger charge is 2.52. The summed E-state index contributed by atoms with van der Waals surface area (Å²) in [5.41, 5.74) is 1.90. The zero-order valence-electron chi connectivity index (χ0n) is 10.8. The maximum Gasteiger partial charge on any atom is 0.492 e. The predicted molar refractivity (Wildman–Crippen MR) is 79.1 cm³/mol. The molecule has 2 aliphatic rings. The lowest BCUT2D eigenvalue weighted by molar-refractivity contribution is 0.00578. The third kappa shape index (κ3) is 2.56. The average Bonchev–Trinajstić information content (AvgIpc) is 2.48. The van der Waals surface area contributed by atoms with Crippen LogP contribution in [0.15, 0.2) is 23.3 Å². The first-order valence-electron chi connectivity index (χ1n) is 5.91. The van der Waals surface area contributed by atoms with Gasteiger partial charge in [0.2, 0.25) is 0 Å². The van der Waals surface area contributed by atoms with E-state index < -0.39 is 0 Å². The molecule has 0 aromatic rings. The van der Waals surface area contributed by atoms with Gasteiger partial charge in [-0.25, -0.2) is 0 Å². The molecular weight excluding hydrogens is 328 g/mol. The lowest BCUT2D eigenvalue weighted by Crippen LogP contribution is -2.41. The van der Waals surface area contributed by atoms with Crippen LogP contribution in [-0.4, -0.2) is 29.3 Å². The Bertz CT molecular complexity index is 361. The Hall–Kier alpha value is -0.00506. The molecule has 1 saturated heterocycles. The van der Waals surface area contributed by atoms with Crippen LogP contribution in [0.25, 0.3) is 0 Å². The standard InChI is InChI=1S/C12H19BINO2/c1-11(2)12(3,4)17-13(16-11)9-5-6-10(7-14)15-8-9/h5-6,15H,7-8H2,1-4H3. The summed E-state index contributed by atoms with van der Waals surface area (Å²) in [4.78, 5) is 0. The number of allylic oxidation sites excluding steroid dienone is 3. The van der Waals surface area contributed by atoms with Crippen LogP contribution >= 0.6 is 22.6 Å². The van der Waals surface area contributed by atoms with E-state index in [1.54, 1.807) is 0 Å². The van der Waals surface area contributed by atoms with Crippen LogP contribution in [0, 0.1) is 0 Å². The van der Waals surface area contributed by atoms with Gasteiger partial charge >= 0.3 is 7.12 Å². The fraction of sp³-hybridized carbons (Fsp3) is 0.667. The van der Waals surface area contributed by atoms with E-state index in [9.17, 15) is 0 Å². The largest absolute Gasteiger partial charge is 0.492 e. The minimum Gasteiger partial charge on any atom is -0.400 e. The fourth-order valence-corrected chi connectivity index (χ4v) is 2.31. The van der Waals surface area contributed by atoms with Crippen LogP contribution < -0.4 is 5.32 Å². The van der Waals surface area contributed by atoms with Gasteiger partial charge in [-0.15, -0.1) is 0 Å². The van der Waals surface area contributed by atoms with E-state index in [1.807, 2.05) is 0 Å². The van der Waals surface area contributed by atoms with Crippen LogP contribution in [0.5, 0.6) is 0 Å². The number of hydrogen-bond acceptors (Lipinski definition) is 3. The first-order valence-corrected chi connectivity index (χ1v) is 7.43. The Kier molecular flexibility index (Phi) is 3.62. The molecule has 0 radical (unpaired) electrons. The molecular formula is C12H19BINO2. The van der Waals surface area contributed by atoms with Crippen molar-refractivity contribution in [3.8, 4) is 0 Å². The summed E-state index contributed by atoms with van der Waals surface area (Å²) < 4.78 is 13.0. The number of rotatable bonds is 2. The van der Waals surface area contributed by atoms with E-state index in [1.165, 1.54) is 5.70 Å². The Balaban J connectivity index is 2.12. The minimum absolute atomic E-state index is 0.223. The molecule has 0 saturated carbocycles. The summed E-state index contributed by atoms with van der Waals surface area (Å²) in [6.07, 6.45) is 4.23. The molecule has 0 atom stereocenters. The SMILES string of the molecule is CC1(C)OB(C2=CC=C(CI)NC2)OC1(C)C. The Morgan fingerprint density at radius 2 is 1.82 bits per heavy atom. The lowest BCUT2D eigenvalue weighted by Gasteiger charge is -2.32. The van der Waals surface area contributed by atoms with Gasteiger partial charge in [0.25, 0.3) is 0 Å². The van der Waals surface area contributed by atoms with Crippen molar-refractivity contribution in [3.63, 3.8) is 0 Å². The van der Waals surface area contributed by atoms with E-state index in [4.69, 9.17) is 9.31 Å². The molecule has 5 heteroatoms. The number of dihydropyridines is 1. The van der Waals surface area contributed by atoms with Crippen molar-refractivity contribution in [3.05, 3.63) is 23.3 Å². The molecule has 2 aliphatic heterocycles. The summed E-state index contributed by atoms with van der Waals surface area (Å²) in [6, 6.07) is 0. The van der Waals surface area contributed by atoms with Gasteiger partial charge in [-0.05, 0) is 39.2 Å². The number of nitrogens with one attached hydrogen (secondary N) is 1. The number of halogens is 1. The molecule has 0 unspecified atom stereocenters. The molecule has 0 amide bonds. The van der Waals surface area contributed by atoms with Gasteiger partial charge in [0.15, 0.2) is 0 Å². The van der Waals surface area contributed by atoms with Crippen LogP contribution in [-0.2, 0) is 9.31 Å². The predicted octanol–water partition coefficient (Wildman–Crippen LogP) is 2.47. The Labute approximate surface area is 117 Å². The van der Waals surface area contributed by atoms with Crippen molar-refractivity contribution in [1.29, 1.82) is 0 Å². The van der Waals surface area contributed by atoms with Gasteiger partial charge in [0, 0.05) is 16.7 Å².